The number of rotatable bonds is 8. The van der Waals surface area contributed by atoms with E-state index >= 15 is 0 Å². The van der Waals surface area contributed by atoms with Crippen LogP contribution in [0, 0.1) is 0 Å². The zero-order valence-corrected chi connectivity index (χ0v) is 17.0. The Kier molecular flexibility index (Phi) is 8.63. The van der Waals surface area contributed by atoms with Gasteiger partial charge in [-0.15, -0.1) is 0 Å². The molecule has 0 aliphatic carbocycles. The molecular formula is C20H28N2O6. The molecule has 0 saturated heterocycles. The Morgan fingerprint density at radius 2 is 1.68 bits per heavy atom. The lowest BCUT2D eigenvalue weighted by Gasteiger charge is -2.19. The fourth-order valence-electron chi connectivity index (χ4n) is 2.08. The number of carbonyl (C=O) groups excluding carboxylic acids is 4. The predicted octanol–water partition coefficient (Wildman–Crippen LogP) is 3.06. The van der Waals surface area contributed by atoms with Crippen molar-refractivity contribution in [3.63, 3.8) is 0 Å². The molecule has 8 nitrogen and oxygen atoms in total. The standard InChI is InChI=1S/C20H28N2O6/c1-13(23)15-8-10-16(11-9-15)22-18(25)14(2)27-17(24)7-6-12-21-19(26)28-20(3,4)5/h8-11,14H,6-7,12H2,1-5H3,(H,21,26)(H,22,25)/t14-/m1/s1. The van der Waals surface area contributed by atoms with E-state index in [-0.39, 0.29) is 18.7 Å². The van der Waals surface area contributed by atoms with Gasteiger partial charge in [0.1, 0.15) is 5.60 Å². The van der Waals surface area contributed by atoms with Crippen LogP contribution in [0.1, 0.15) is 57.8 Å². The van der Waals surface area contributed by atoms with Crippen LogP contribution >= 0.6 is 0 Å². The molecule has 1 aromatic carbocycles. The van der Waals surface area contributed by atoms with Gasteiger partial charge < -0.3 is 20.1 Å². The number of Topliss-reactive ketones (excluding diaryl/α,β-unsaturated/α-hetero) is 1. The first-order valence-electron chi connectivity index (χ1n) is 9.06. The number of ketones is 1. The van der Waals surface area contributed by atoms with Gasteiger partial charge in [-0.3, -0.25) is 14.4 Å². The fraction of sp³-hybridized carbons (Fsp3) is 0.500. The van der Waals surface area contributed by atoms with Gasteiger partial charge in [0.05, 0.1) is 0 Å². The maximum Gasteiger partial charge on any atom is 0.407 e. The van der Waals surface area contributed by atoms with Gasteiger partial charge in [0.15, 0.2) is 11.9 Å². The Hall–Kier alpha value is -2.90. The quantitative estimate of drug-likeness (QED) is 0.400. The summed E-state index contributed by atoms with van der Waals surface area (Å²) < 4.78 is 10.2. The molecule has 2 amide bonds. The van der Waals surface area contributed by atoms with Gasteiger partial charge in [-0.1, -0.05) is 0 Å². The van der Waals surface area contributed by atoms with Gasteiger partial charge in [0.2, 0.25) is 0 Å². The van der Waals surface area contributed by atoms with Crippen molar-refractivity contribution in [3.05, 3.63) is 29.8 Å². The minimum absolute atomic E-state index is 0.0563. The number of hydrogen-bond acceptors (Lipinski definition) is 6. The number of nitrogens with one attached hydrogen (secondary N) is 2. The summed E-state index contributed by atoms with van der Waals surface area (Å²) in [6.45, 7) is 8.46. The molecule has 0 heterocycles. The number of carbonyl (C=O) groups is 4. The first-order valence-corrected chi connectivity index (χ1v) is 9.06. The minimum atomic E-state index is -0.973. The van der Waals surface area contributed by atoms with Crippen molar-refractivity contribution in [2.45, 2.75) is 59.2 Å². The molecule has 1 aromatic rings. The normalized spacial score (nSPS) is 11.9. The summed E-state index contributed by atoms with van der Waals surface area (Å²) in [5.74, 6) is -1.09. The Bertz CT molecular complexity index is 706. The molecule has 2 N–H and O–H groups in total. The third-order valence-corrected chi connectivity index (χ3v) is 3.46. The van der Waals surface area contributed by atoms with E-state index in [1.165, 1.54) is 13.8 Å². The first-order chi connectivity index (χ1) is 13.0. The maximum absolute atomic E-state index is 12.1. The lowest BCUT2D eigenvalue weighted by Crippen LogP contribution is -2.33. The molecule has 1 rings (SSSR count). The number of amides is 2. The zero-order valence-electron chi connectivity index (χ0n) is 17.0. The average Bonchev–Trinajstić information content (AvgIpc) is 2.57. The third-order valence-electron chi connectivity index (χ3n) is 3.46. The van der Waals surface area contributed by atoms with Crippen LogP contribution in [0.25, 0.3) is 0 Å². The highest BCUT2D eigenvalue weighted by molar-refractivity contribution is 5.97. The Labute approximate surface area is 165 Å². The monoisotopic (exact) mass is 392 g/mol. The summed E-state index contributed by atoms with van der Waals surface area (Å²) >= 11 is 0. The molecule has 154 valence electrons. The number of hydrogen-bond donors (Lipinski definition) is 2. The van der Waals surface area contributed by atoms with E-state index in [4.69, 9.17) is 9.47 Å². The molecule has 0 aromatic heterocycles. The highest BCUT2D eigenvalue weighted by Gasteiger charge is 2.18. The molecule has 0 aliphatic rings. The highest BCUT2D eigenvalue weighted by atomic mass is 16.6. The highest BCUT2D eigenvalue weighted by Crippen LogP contribution is 2.11. The van der Waals surface area contributed by atoms with Gasteiger partial charge in [0.25, 0.3) is 5.91 Å². The van der Waals surface area contributed by atoms with Gasteiger partial charge in [0, 0.05) is 24.2 Å². The van der Waals surface area contributed by atoms with Crippen LogP contribution in [0.2, 0.25) is 0 Å². The second-order valence-electron chi connectivity index (χ2n) is 7.29. The second kappa shape index (κ2) is 10.4. The van der Waals surface area contributed by atoms with Crippen LogP contribution in [-0.2, 0) is 19.1 Å². The fourth-order valence-corrected chi connectivity index (χ4v) is 2.08. The van der Waals surface area contributed by atoms with Crippen molar-refractivity contribution in [2.24, 2.45) is 0 Å². The van der Waals surface area contributed by atoms with E-state index in [0.29, 0.717) is 17.7 Å². The van der Waals surface area contributed by atoms with Crippen LogP contribution in [0.15, 0.2) is 24.3 Å². The number of alkyl carbamates (subject to hydrolysis) is 1. The molecule has 0 aliphatic heterocycles. The lowest BCUT2D eigenvalue weighted by atomic mass is 10.1. The average molecular weight is 392 g/mol. The summed E-state index contributed by atoms with van der Waals surface area (Å²) in [4.78, 5) is 46.6. The summed E-state index contributed by atoms with van der Waals surface area (Å²) in [6.07, 6.45) is -1.11. The van der Waals surface area contributed by atoms with Crippen molar-refractivity contribution >= 4 is 29.4 Å². The molecule has 0 spiro atoms. The molecule has 0 radical (unpaired) electrons. The maximum atomic E-state index is 12.1. The van der Waals surface area contributed by atoms with Crippen molar-refractivity contribution in [3.8, 4) is 0 Å². The van der Waals surface area contributed by atoms with Crippen molar-refractivity contribution < 1.29 is 28.7 Å². The first kappa shape index (κ1) is 23.1. The number of ether oxygens (including phenoxy) is 2. The molecular weight excluding hydrogens is 364 g/mol. The van der Waals surface area contributed by atoms with Crippen LogP contribution in [0.4, 0.5) is 10.5 Å². The lowest BCUT2D eigenvalue weighted by molar-refractivity contribution is -0.153. The van der Waals surface area contributed by atoms with E-state index in [9.17, 15) is 19.2 Å². The van der Waals surface area contributed by atoms with Gasteiger partial charge in [-0.2, -0.15) is 0 Å². The van der Waals surface area contributed by atoms with Gasteiger partial charge in [-0.05, 0) is 65.3 Å². The van der Waals surface area contributed by atoms with Crippen LogP contribution in [-0.4, -0.2) is 42.0 Å². The summed E-state index contributed by atoms with van der Waals surface area (Å²) in [5.41, 5.74) is 0.454. The molecule has 0 bridgehead atoms. The molecule has 0 unspecified atom stereocenters. The zero-order chi connectivity index (χ0) is 21.3. The minimum Gasteiger partial charge on any atom is -0.453 e. The molecule has 0 saturated carbocycles. The Morgan fingerprint density at radius 1 is 1.07 bits per heavy atom. The largest absolute Gasteiger partial charge is 0.453 e. The van der Waals surface area contributed by atoms with Crippen LogP contribution in [0.3, 0.4) is 0 Å². The third kappa shape index (κ3) is 9.16. The summed E-state index contributed by atoms with van der Waals surface area (Å²) in [5, 5.41) is 5.16. The number of anilines is 1. The Morgan fingerprint density at radius 3 is 2.21 bits per heavy atom. The van der Waals surface area contributed by atoms with Crippen molar-refractivity contribution in [2.75, 3.05) is 11.9 Å². The Balaban J connectivity index is 2.32. The molecule has 1 atom stereocenters. The molecule has 0 fully saturated rings. The predicted molar refractivity (Wildman–Crippen MR) is 104 cm³/mol. The number of esters is 1. The van der Waals surface area contributed by atoms with E-state index in [0.717, 1.165) is 0 Å². The van der Waals surface area contributed by atoms with Gasteiger partial charge in [-0.25, -0.2) is 4.79 Å². The molecule has 8 heteroatoms. The van der Waals surface area contributed by atoms with E-state index < -0.39 is 29.7 Å². The van der Waals surface area contributed by atoms with E-state index in [2.05, 4.69) is 10.6 Å². The van der Waals surface area contributed by atoms with Crippen LogP contribution in [0.5, 0.6) is 0 Å². The number of benzene rings is 1. The SMILES string of the molecule is CC(=O)c1ccc(NC(=O)[C@@H](C)OC(=O)CCCNC(=O)OC(C)(C)C)cc1. The van der Waals surface area contributed by atoms with Crippen molar-refractivity contribution in [1.82, 2.24) is 5.32 Å². The van der Waals surface area contributed by atoms with E-state index in [1.54, 1.807) is 45.0 Å². The van der Waals surface area contributed by atoms with Crippen molar-refractivity contribution in [1.29, 1.82) is 0 Å². The second-order valence-corrected chi connectivity index (χ2v) is 7.29. The molecule has 28 heavy (non-hydrogen) atoms. The van der Waals surface area contributed by atoms with E-state index in [1.807, 2.05) is 0 Å². The topological polar surface area (TPSA) is 111 Å². The smallest absolute Gasteiger partial charge is 0.407 e. The summed E-state index contributed by atoms with van der Waals surface area (Å²) in [6, 6.07) is 6.41. The summed E-state index contributed by atoms with van der Waals surface area (Å²) in [7, 11) is 0. The van der Waals surface area contributed by atoms with Gasteiger partial charge >= 0.3 is 12.1 Å². The van der Waals surface area contributed by atoms with Crippen LogP contribution < -0.4 is 10.6 Å².